The maximum atomic E-state index is 13.5. The zero-order valence-electron chi connectivity index (χ0n) is 16.9. The molecule has 0 radical (unpaired) electrons. The van der Waals surface area contributed by atoms with Crippen LogP contribution in [0.2, 0.25) is 0 Å². The van der Waals surface area contributed by atoms with Crippen molar-refractivity contribution in [3.8, 4) is 11.5 Å². The van der Waals surface area contributed by atoms with E-state index < -0.39 is 29.3 Å². The molecule has 1 fully saturated rings. The highest BCUT2D eigenvalue weighted by Crippen LogP contribution is 2.41. The summed E-state index contributed by atoms with van der Waals surface area (Å²) in [5.41, 5.74) is 0.309. The summed E-state index contributed by atoms with van der Waals surface area (Å²) in [6.45, 7) is 0.712. The number of rotatable bonds is 6. The highest BCUT2D eigenvalue weighted by molar-refractivity contribution is 6.46. The summed E-state index contributed by atoms with van der Waals surface area (Å²) in [5.74, 6) is -2.53. The molecule has 8 heteroatoms. The van der Waals surface area contributed by atoms with Crippen molar-refractivity contribution in [1.29, 1.82) is 0 Å². The number of hydrogen-bond donors (Lipinski definition) is 2. The third-order valence-electron chi connectivity index (χ3n) is 4.97. The van der Waals surface area contributed by atoms with E-state index in [-0.39, 0.29) is 23.4 Å². The molecule has 0 spiro atoms. The van der Waals surface area contributed by atoms with Crippen molar-refractivity contribution < 1.29 is 28.9 Å². The van der Waals surface area contributed by atoms with Gasteiger partial charge in [-0.15, -0.1) is 0 Å². The van der Waals surface area contributed by atoms with Gasteiger partial charge in [0.1, 0.15) is 23.1 Å². The van der Waals surface area contributed by atoms with Crippen LogP contribution in [0.5, 0.6) is 11.5 Å². The number of carbonyl (C=O) groups excluding carboxylic acids is 2. The van der Waals surface area contributed by atoms with Gasteiger partial charge in [0.15, 0.2) is 0 Å². The number of aromatic hydroxyl groups is 1. The summed E-state index contributed by atoms with van der Waals surface area (Å²) in [4.78, 5) is 28.8. The highest BCUT2D eigenvalue weighted by Gasteiger charge is 2.46. The summed E-state index contributed by atoms with van der Waals surface area (Å²) >= 11 is 0. The monoisotopic (exact) mass is 414 g/mol. The van der Waals surface area contributed by atoms with Gasteiger partial charge in [0.05, 0.1) is 24.3 Å². The number of methoxy groups -OCH3 is 1. The third kappa shape index (κ3) is 3.99. The van der Waals surface area contributed by atoms with Gasteiger partial charge in [-0.2, -0.15) is 0 Å². The number of benzene rings is 2. The lowest BCUT2D eigenvalue weighted by molar-refractivity contribution is -0.140. The molecule has 1 heterocycles. The van der Waals surface area contributed by atoms with Crippen LogP contribution in [-0.4, -0.2) is 66.0 Å². The lowest BCUT2D eigenvalue weighted by Crippen LogP contribution is -2.35. The second kappa shape index (κ2) is 8.54. The zero-order valence-corrected chi connectivity index (χ0v) is 16.9. The Kier molecular flexibility index (Phi) is 6.07. The van der Waals surface area contributed by atoms with Crippen LogP contribution in [0.15, 0.2) is 48.0 Å². The van der Waals surface area contributed by atoms with Gasteiger partial charge in [-0.3, -0.25) is 9.59 Å². The number of carbonyl (C=O) groups is 2. The van der Waals surface area contributed by atoms with Crippen molar-refractivity contribution in [3.05, 3.63) is 65.0 Å². The number of nitrogens with zero attached hydrogens (tertiary/aromatic N) is 2. The molecule has 0 aliphatic carbocycles. The molecule has 1 saturated heterocycles. The molecule has 0 unspecified atom stereocenters. The average molecular weight is 414 g/mol. The van der Waals surface area contributed by atoms with Crippen LogP contribution in [0.25, 0.3) is 5.76 Å². The molecule has 0 saturated carbocycles. The van der Waals surface area contributed by atoms with Crippen molar-refractivity contribution in [3.63, 3.8) is 0 Å². The number of likely N-dealkylation sites (tertiary alicyclic amines) is 1. The quantitative estimate of drug-likeness (QED) is 0.429. The van der Waals surface area contributed by atoms with Gasteiger partial charge < -0.3 is 24.7 Å². The number of likely N-dealkylation sites (N-methyl/N-ethyl adjacent to an activating group) is 1. The fourth-order valence-electron chi connectivity index (χ4n) is 3.39. The number of phenolic OH excluding ortho intramolecular Hbond substituents is 1. The molecule has 7 nitrogen and oxygen atoms in total. The summed E-state index contributed by atoms with van der Waals surface area (Å²) in [5, 5.41) is 21.2. The fraction of sp³-hybridized carbons (Fsp3) is 0.273. The lowest BCUT2D eigenvalue weighted by atomic mass is 9.95. The summed E-state index contributed by atoms with van der Waals surface area (Å²) < 4.78 is 18.5. The molecule has 1 atom stereocenters. The molecule has 1 aliphatic rings. The highest BCUT2D eigenvalue weighted by atomic mass is 19.1. The first-order chi connectivity index (χ1) is 14.2. The van der Waals surface area contributed by atoms with Crippen molar-refractivity contribution >= 4 is 17.4 Å². The molecule has 30 heavy (non-hydrogen) atoms. The Labute approximate surface area is 173 Å². The van der Waals surface area contributed by atoms with Crippen LogP contribution in [0.3, 0.4) is 0 Å². The predicted octanol–water partition coefficient (Wildman–Crippen LogP) is 2.52. The molecule has 0 bridgehead atoms. The van der Waals surface area contributed by atoms with Crippen LogP contribution in [0.4, 0.5) is 4.39 Å². The number of Topliss-reactive ketones (excluding diaryl/α,β-unsaturated/α-hetero) is 1. The number of halogens is 1. The molecule has 1 amide bonds. The molecule has 2 aromatic rings. The van der Waals surface area contributed by atoms with Gasteiger partial charge in [-0.1, -0.05) is 12.1 Å². The minimum absolute atomic E-state index is 0.00600. The number of ketones is 1. The minimum atomic E-state index is -0.910. The number of amides is 1. The number of ether oxygens (including phenoxy) is 1. The number of aliphatic hydroxyl groups excluding tert-OH is 1. The molecule has 2 N–H and O–H groups in total. The Hall–Kier alpha value is -3.39. The average Bonchev–Trinajstić information content (AvgIpc) is 2.96. The molecule has 158 valence electrons. The smallest absolute Gasteiger partial charge is 0.295 e. The molecule has 3 rings (SSSR count). The minimum Gasteiger partial charge on any atom is -0.507 e. The SMILES string of the molecule is COc1ccc(C(O)=C2C(=O)C(=O)N(CCN(C)C)[C@@H]2c2ccc(F)cc2)c(O)c1. The van der Waals surface area contributed by atoms with Gasteiger partial charge in [-0.25, -0.2) is 4.39 Å². The van der Waals surface area contributed by atoms with E-state index in [1.807, 2.05) is 19.0 Å². The van der Waals surface area contributed by atoms with E-state index in [1.54, 1.807) is 0 Å². The van der Waals surface area contributed by atoms with Crippen LogP contribution in [-0.2, 0) is 9.59 Å². The molecular formula is C22H23FN2O5. The van der Waals surface area contributed by atoms with Crippen molar-refractivity contribution in [2.45, 2.75) is 6.04 Å². The number of aliphatic hydroxyl groups is 1. The van der Waals surface area contributed by atoms with E-state index in [0.29, 0.717) is 17.9 Å². The molecule has 2 aromatic carbocycles. The van der Waals surface area contributed by atoms with E-state index in [4.69, 9.17) is 4.74 Å². The Morgan fingerprint density at radius 1 is 1.17 bits per heavy atom. The summed E-state index contributed by atoms with van der Waals surface area (Å²) in [6, 6.07) is 8.70. The van der Waals surface area contributed by atoms with Gasteiger partial charge >= 0.3 is 0 Å². The zero-order chi connectivity index (χ0) is 22.0. The van der Waals surface area contributed by atoms with Crippen LogP contribution in [0.1, 0.15) is 17.2 Å². The van der Waals surface area contributed by atoms with Gasteiger partial charge in [0.2, 0.25) is 0 Å². The Bertz CT molecular complexity index is 1000. The number of hydrogen-bond acceptors (Lipinski definition) is 6. The second-order valence-electron chi connectivity index (χ2n) is 7.23. The van der Waals surface area contributed by atoms with Gasteiger partial charge in [-0.05, 0) is 43.9 Å². The molecular weight excluding hydrogens is 391 g/mol. The summed E-state index contributed by atoms with van der Waals surface area (Å²) in [6.07, 6.45) is 0. The third-order valence-corrected chi connectivity index (χ3v) is 4.97. The number of phenols is 1. The Morgan fingerprint density at radius 3 is 2.40 bits per heavy atom. The van der Waals surface area contributed by atoms with Crippen molar-refractivity contribution in [2.75, 3.05) is 34.3 Å². The molecule has 0 aromatic heterocycles. The predicted molar refractivity (Wildman–Crippen MR) is 109 cm³/mol. The summed E-state index contributed by atoms with van der Waals surface area (Å²) in [7, 11) is 5.09. The Morgan fingerprint density at radius 2 is 1.83 bits per heavy atom. The van der Waals surface area contributed by atoms with Gasteiger partial charge in [0, 0.05) is 19.2 Å². The van der Waals surface area contributed by atoms with E-state index in [9.17, 15) is 24.2 Å². The molecule has 1 aliphatic heterocycles. The maximum absolute atomic E-state index is 13.5. The fourth-order valence-corrected chi connectivity index (χ4v) is 3.39. The van der Waals surface area contributed by atoms with Crippen LogP contribution >= 0.6 is 0 Å². The van der Waals surface area contributed by atoms with Crippen molar-refractivity contribution in [1.82, 2.24) is 9.80 Å². The first-order valence-electron chi connectivity index (χ1n) is 9.30. The maximum Gasteiger partial charge on any atom is 0.295 e. The second-order valence-corrected chi connectivity index (χ2v) is 7.23. The van der Waals surface area contributed by atoms with E-state index >= 15 is 0 Å². The van der Waals surface area contributed by atoms with Crippen LogP contribution in [0, 0.1) is 5.82 Å². The van der Waals surface area contributed by atoms with E-state index in [1.165, 1.54) is 54.5 Å². The lowest BCUT2D eigenvalue weighted by Gasteiger charge is -2.26. The first-order valence-corrected chi connectivity index (χ1v) is 9.30. The Balaban J connectivity index is 2.16. The largest absolute Gasteiger partial charge is 0.507 e. The van der Waals surface area contributed by atoms with Crippen LogP contribution < -0.4 is 4.74 Å². The van der Waals surface area contributed by atoms with Crippen molar-refractivity contribution in [2.24, 2.45) is 0 Å². The van der Waals surface area contributed by atoms with Gasteiger partial charge in [0.25, 0.3) is 11.7 Å². The first kappa shape index (κ1) is 21.3. The van der Waals surface area contributed by atoms with E-state index in [2.05, 4.69) is 0 Å². The van der Waals surface area contributed by atoms with E-state index in [0.717, 1.165) is 0 Å². The standard InChI is InChI=1S/C22H23FN2O5/c1-24(2)10-11-25-19(13-4-6-14(23)7-5-13)18(21(28)22(25)29)20(27)16-9-8-15(30-3)12-17(16)26/h4-9,12,19,26-27H,10-11H2,1-3H3/t19-/m1/s1. The normalized spacial score (nSPS) is 18.3. The topological polar surface area (TPSA) is 90.3 Å².